The molecule has 14 heavy (non-hydrogen) atoms. The van der Waals surface area contributed by atoms with Crippen molar-refractivity contribution in [1.29, 1.82) is 0 Å². The minimum atomic E-state index is 0.555. The predicted molar refractivity (Wildman–Crippen MR) is 67.9 cm³/mol. The van der Waals surface area contributed by atoms with Crippen molar-refractivity contribution in [3.63, 3.8) is 0 Å². The van der Waals surface area contributed by atoms with Gasteiger partial charge in [-0.05, 0) is 40.3 Å². The summed E-state index contributed by atoms with van der Waals surface area (Å²) < 4.78 is 1.30. The highest BCUT2D eigenvalue weighted by Gasteiger charge is 2.15. The van der Waals surface area contributed by atoms with E-state index in [9.17, 15) is 0 Å². The van der Waals surface area contributed by atoms with E-state index in [0.717, 1.165) is 13.1 Å². The van der Waals surface area contributed by atoms with Crippen molar-refractivity contribution in [2.45, 2.75) is 5.92 Å². The molecule has 2 rings (SSSR count). The predicted octanol–water partition coefficient (Wildman–Crippen LogP) is 2.35. The molecule has 1 aromatic carbocycles. The van der Waals surface area contributed by atoms with E-state index in [0.29, 0.717) is 5.92 Å². The van der Waals surface area contributed by atoms with Crippen molar-refractivity contribution in [3.8, 4) is 0 Å². The Balaban J connectivity index is 2.19. The van der Waals surface area contributed by atoms with E-state index < -0.39 is 0 Å². The second kappa shape index (κ2) is 4.29. The summed E-state index contributed by atoms with van der Waals surface area (Å²) in [5.41, 5.74) is 1.40. The fraction of sp³-hybridized carbons (Fsp3) is 0.364. The highest BCUT2D eigenvalue weighted by molar-refractivity contribution is 14.1. The highest BCUT2D eigenvalue weighted by Crippen LogP contribution is 2.20. The van der Waals surface area contributed by atoms with Crippen molar-refractivity contribution < 1.29 is 0 Å². The maximum absolute atomic E-state index is 4.34. The van der Waals surface area contributed by atoms with Gasteiger partial charge in [0.05, 0.1) is 6.34 Å². The van der Waals surface area contributed by atoms with E-state index in [1.54, 1.807) is 0 Å². The molecule has 1 aliphatic rings. The minimum Gasteiger partial charge on any atom is -0.365 e. The van der Waals surface area contributed by atoms with Gasteiger partial charge in [-0.2, -0.15) is 0 Å². The fourth-order valence-electron chi connectivity index (χ4n) is 1.74. The number of likely N-dealkylation sites (N-methyl/N-ethyl adjacent to an activating group) is 1. The van der Waals surface area contributed by atoms with Crippen LogP contribution in [0.1, 0.15) is 11.5 Å². The molecule has 2 nitrogen and oxygen atoms in total. The Kier molecular flexibility index (Phi) is 3.05. The molecule has 3 heteroatoms. The van der Waals surface area contributed by atoms with Crippen LogP contribution in [0.3, 0.4) is 0 Å². The summed E-state index contributed by atoms with van der Waals surface area (Å²) in [5, 5.41) is 0. The summed E-state index contributed by atoms with van der Waals surface area (Å²) in [7, 11) is 2.07. The summed E-state index contributed by atoms with van der Waals surface area (Å²) in [6.45, 7) is 1.99. The largest absolute Gasteiger partial charge is 0.365 e. The first-order valence-corrected chi connectivity index (χ1v) is 5.79. The summed E-state index contributed by atoms with van der Waals surface area (Å²) in [6, 6.07) is 8.69. The van der Waals surface area contributed by atoms with E-state index in [1.165, 1.54) is 9.13 Å². The van der Waals surface area contributed by atoms with Crippen LogP contribution in [0.4, 0.5) is 0 Å². The van der Waals surface area contributed by atoms with Gasteiger partial charge < -0.3 is 4.90 Å². The van der Waals surface area contributed by atoms with Crippen molar-refractivity contribution in [2.75, 3.05) is 20.1 Å². The van der Waals surface area contributed by atoms with Gasteiger partial charge in [0, 0.05) is 29.6 Å². The van der Waals surface area contributed by atoms with Crippen LogP contribution in [0.25, 0.3) is 0 Å². The Morgan fingerprint density at radius 3 is 3.07 bits per heavy atom. The average Bonchev–Trinajstić information content (AvgIpc) is 2.18. The quantitative estimate of drug-likeness (QED) is 0.727. The Labute approximate surface area is 98.2 Å². The van der Waals surface area contributed by atoms with Gasteiger partial charge in [0.1, 0.15) is 0 Å². The SMILES string of the molecule is CN1C=NCC(c2cccc(I)c2)C1. The topological polar surface area (TPSA) is 15.6 Å². The van der Waals surface area contributed by atoms with Gasteiger partial charge >= 0.3 is 0 Å². The van der Waals surface area contributed by atoms with Crippen molar-refractivity contribution >= 4 is 28.9 Å². The summed E-state index contributed by atoms with van der Waals surface area (Å²) in [6.07, 6.45) is 1.92. The second-order valence-corrected chi connectivity index (χ2v) is 4.92. The smallest absolute Gasteiger partial charge is 0.0847 e. The zero-order chi connectivity index (χ0) is 9.97. The number of halogens is 1. The summed E-state index contributed by atoms with van der Waals surface area (Å²) in [5.74, 6) is 0.555. The van der Waals surface area contributed by atoms with Crippen LogP contribution in [0, 0.1) is 3.57 Å². The molecule has 0 fully saturated rings. The van der Waals surface area contributed by atoms with E-state index in [2.05, 4.69) is 63.8 Å². The number of aliphatic imine (C=N–C) groups is 1. The molecule has 0 radical (unpaired) electrons. The molecule has 0 aliphatic carbocycles. The lowest BCUT2D eigenvalue weighted by Crippen LogP contribution is -2.29. The molecule has 0 spiro atoms. The molecular weight excluding hydrogens is 287 g/mol. The standard InChI is InChI=1S/C11H13IN2/c1-14-7-10(6-13-8-14)9-3-2-4-11(12)5-9/h2-5,8,10H,6-7H2,1H3. The van der Waals surface area contributed by atoms with Crippen LogP contribution in [0.2, 0.25) is 0 Å². The normalized spacial score (nSPS) is 21.3. The number of hydrogen-bond donors (Lipinski definition) is 0. The van der Waals surface area contributed by atoms with Gasteiger partial charge in [0.15, 0.2) is 0 Å². The van der Waals surface area contributed by atoms with Crippen LogP contribution in [0.15, 0.2) is 29.3 Å². The van der Waals surface area contributed by atoms with Gasteiger partial charge in [0.2, 0.25) is 0 Å². The number of benzene rings is 1. The molecule has 0 saturated carbocycles. The third-order valence-electron chi connectivity index (χ3n) is 2.43. The molecule has 0 aromatic heterocycles. The lowest BCUT2D eigenvalue weighted by Gasteiger charge is -2.25. The molecule has 0 saturated heterocycles. The van der Waals surface area contributed by atoms with Gasteiger partial charge in [-0.25, -0.2) is 0 Å². The molecule has 1 heterocycles. The van der Waals surface area contributed by atoms with Crippen molar-refractivity contribution in [1.82, 2.24) is 4.90 Å². The van der Waals surface area contributed by atoms with Gasteiger partial charge in [0.25, 0.3) is 0 Å². The Morgan fingerprint density at radius 2 is 2.36 bits per heavy atom. The maximum atomic E-state index is 4.34. The first-order valence-electron chi connectivity index (χ1n) is 4.71. The van der Waals surface area contributed by atoms with E-state index in [1.807, 2.05) is 6.34 Å². The summed E-state index contributed by atoms with van der Waals surface area (Å²) >= 11 is 2.35. The Hall–Kier alpha value is -0.580. The number of hydrogen-bond acceptors (Lipinski definition) is 2. The lowest BCUT2D eigenvalue weighted by atomic mass is 9.98. The molecule has 1 unspecified atom stereocenters. The third kappa shape index (κ3) is 2.26. The van der Waals surface area contributed by atoms with E-state index in [-0.39, 0.29) is 0 Å². The third-order valence-corrected chi connectivity index (χ3v) is 3.10. The Bertz CT molecular complexity index is 349. The summed E-state index contributed by atoms with van der Waals surface area (Å²) in [4.78, 5) is 6.49. The zero-order valence-electron chi connectivity index (χ0n) is 8.15. The van der Waals surface area contributed by atoms with Gasteiger partial charge in [-0.3, -0.25) is 4.99 Å². The van der Waals surface area contributed by atoms with Crippen LogP contribution in [0.5, 0.6) is 0 Å². The fourth-order valence-corrected chi connectivity index (χ4v) is 2.30. The maximum Gasteiger partial charge on any atom is 0.0847 e. The Morgan fingerprint density at radius 1 is 1.50 bits per heavy atom. The minimum absolute atomic E-state index is 0.555. The van der Waals surface area contributed by atoms with Crippen molar-refractivity contribution in [3.05, 3.63) is 33.4 Å². The number of nitrogens with zero attached hydrogens (tertiary/aromatic N) is 2. The van der Waals surface area contributed by atoms with Gasteiger partial charge in [-0.1, -0.05) is 12.1 Å². The lowest BCUT2D eigenvalue weighted by molar-refractivity contribution is 0.440. The van der Waals surface area contributed by atoms with E-state index in [4.69, 9.17) is 0 Å². The first kappa shape index (κ1) is 9.96. The van der Waals surface area contributed by atoms with Crippen LogP contribution < -0.4 is 0 Å². The first-order chi connectivity index (χ1) is 6.75. The molecule has 0 amide bonds. The van der Waals surface area contributed by atoms with Gasteiger partial charge in [-0.15, -0.1) is 0 Å². The second-order valence-electron chi connectivity index (χ2n) is 3.67. The molecule has 1 aromatic rings. The molecular formula is C11H13IN2. The molecule has 1 atom stereocenters. The molecule has 0 N–H and O–H groups in total. The molecule has 0 bridgehead atoms. The molecule has 74 valence electrons. The zero-order valence-corrected chi connectivity index (χ0v) is 10.3. The monoisotopic (exact) mass is 300 g/mol. The molecule has 1 aliphatic heterocycles. The highest BCUT2D eigenvalue weighted by atomic mass is 127. The average molecular weight is 300 g/mol. The van der Waals surface area contributed by atoms with Crippen LogP contribution >= 0.6 is 22.6 Å². The van der Waals surface area contributed by atoms with Crippen LogP contribution in [-0.4, -0.2) is 31.4 Å². The van der Waals surface area contributed by atoms with E-state index >= 15 is 0 Å². The van der Waals surface area contributed by atoms with Crippen LogP contribution in [-0.2, 0) is 0 Å². The van der Waals surface area contributed by atoms with Crippen molar-refractivity contribution in [2.24, 2.45) is 4.99 Å². The number of rotatable bonds is 1.